The molecule has 98 valence electrons. The highest BCUT2D eigenvalue weighted by Crippen LogP contribution is 2.19. The molecule has 1 aliphatic rings. The molecule has 0 aliphatic carbocycles. The van der Waals surface area contributed by atoms with E-state index in [1.807, 2.05) is 4.57 Å². The molecule has 0 N–H and O–H groups in total. The fourth-order valence-electron chi connectivity index (χ4n) is 2.05. The number of aromatic nitrogens is 3. The Kier molecular flexibility index (Phi) is 3.06. The largest absolute Gasteiger partial charge is 0.329 e. The van der Waals surface area contributed by atoms with Crippen molar-refractivity contribution in [3.63, 3.8) is 0 Å². The van der Waals surface area contributed by atoms with Crippen LogP contribution in [0.2, 0.25) is 0 Å². The van der Waals surface area contributed by atoms with Crippen molar-refractivity contribution in [1.82, 2.24) is 19.7 Å². The average molecular weight is 325 g/mol. The number of amides is 1. The molecule has 3 rings (SSSR count). The number of hydrogen-bond donors (Lipinski definition) is 0. The number of benzene rings is 1. The standard InChI is InChI=1S/C12H10BrFN4O/c13-9-2-1-8(5-10(9)14)12(19)17-3-4-18-7-15-16-11(18)6-17/h1-2,5,7H,3-4,6H2. The fourth-order valence-corrected chi connectivity index (χ4v) is 2.30. The topological polar surface area (TPSA) is 51.0 Å². The maximum atomic E-state index is 13.5. The molecule has 0 spiro atoms. The minimum absolute atomic E-state index is 0.194. The highest BCUT2D eigenvalue weighted by atomic mass is 79.9. The summed E-state index contributed by atoms with van der Waals surface area (Å²) < 4.78 is 15.7. The molecule has 19 heavy (non-hydrogen) atoms. The lowest BCUT2D eigenvalue weighted by Crippen LogP contribution is -2.38. The van der Waals surface area contributed by atoms with Crippen LogP contribution in [0.5, 0.6) is 0 Å². The lowest BCUT2D eigenvalue weighted by atomic mass is 10.2. The quantitative estimate of drug-likeness (QED) is 0.804. The van der Waals surface area contributed by atoms with E-state index in [0.717, 1.165) is 5.82 Å². The summed E-state index contributed by atoms with van der Waals surface area (Å²) in [5.74, 6) is 0.115. The van der Waals surface area contributed by atoms with E-state index in [1.165, 1.54) is 12.1 Å². The third kappa shape index (κ3) is 2.25. The number of fused-ring (bicyclic) bond motifs is 1. The molecule has 0 saturated heterocycles. The summed E-state index contributed by atoms with van der Waals surface area (Å²) in [6.07, 6.45) is 1.65. The van der Waals surface area contributed by atoms with Gasteiger partial charge >= 0.3 is 0 Å². The van der Waals surface area contributed by atoms with E-state index >= 15 is 0 Å². The second-order valence-corrected chi connectivity index (χ2v) is 5.15. The van der Waals surface area contributed by atoms with Gasteiger partial charge in [-0.3, -0.25) is 4.79 Å². The molecule has 0 atom stereocenters. The Hall–Kier alpha value is -1.76. The zero-order valence-electron chi connectivity index (χ0n) is 9.88. The summed E-state index contributed by atoms with van der Waals surface area (Å²) in [5.41, 5.74) is 0.341. The van der Waals surface area contributed by atoms with Gasteiger partial charge in [0.2, 0.25) is 0 Å². The van der Waals surface area contributed by atoms with Crippen LogP contribution >= 0.6 is 15.9 Å². The van der Waals surface area contributed by atoms with Crippen LogP contribution in [0.3, 0.4) is 0 Å². The van der Waals surface area contributed by atoms with Gasteiger partial charge in [-0.1, -0.05) is 0 Å². The van der Waals surface area contributed by atoms with Crippen molar-refractivity contribution in [2.75, 3.05) is 6.54 Å². The van der Waals surface area contributed by atoms with Gasteiger partial charge in [-0.25, -0.2) is 4.39 Å². The van der Waals surface area contributed by atoms with Gasteiger partial charge in [-0.05, 0) is 34.1 Å². The van der Waals surface area contributed by atoms with Gasteiger partial charge in [0.1, 0.15) is 12.1 Å². The predicted octanol–water partition coefficient (Wildman–Crippen LogP) is 1.84. The third-order valence-corrected chi connectivity index (χ3v) is 3.74. The summed E-state index contributed by atoms with van der Waals surface area (Å²) in [4.78, 5) is 13.9. The monoisotopic (exact) mass is 324 g/mol. The van der Waals surface area contributed by atoms with Crippen molar-refractivity contribution < 1.29 is 9.18 Å². The van der Waals surface area contributed by atoms with Crippen molar-refractivity contribution >= 4 is 21.8 Å². The molecule has 1 amide bonds. The SMILES string of the molecule is O=C(c1ccc(Br)c(F)c1)N1CCn2cnnc2C1. The molecule has 0 unspecified atom stereocenters. The summed E-state index contributed by atoms with van der Waals surface area (Å²) in [6, 6.07) is 4.38. The summed E-state index contributed by atoms with van der Waals surface area (Å²) in [5, 5.41) is 7.76. The van der Waals surface area contributed by atoms with Crippen molar-refractivity contribution in [1.29, 1.82) is 0 Å². The number of carbonyl (C=O) groups is 1. The molecule has 5 nitrogen and oxygen atoms in total. The third-order valence-electron chi connectivity index (χ3n) is 3.09. The molecule has 1 aromatic carbocycles. The Morgan fingerprint density at radius 3 is 3.00 bits per heavy atom. The Bertz CT molecular complexity index is 642. The van der Waals surface area contributed by atoms with Crippen molar-refractivity contribution in [3.8, 4) is 0 Å². The first-order valence-corrected chi connectivity index (χ1v) is 6.55. The van der Waals surface area contributed by atoms with Crippen LogP contribution in [0.1, 0.15) is 16.2 Å². The van der Waals surface area contributed by atoms with Crippen LogP contribution in [0, 0.1) is 5.82 Å². The molecule has 7 heteroatoms. The van der Waals surface area contributed by atoms with Crippen molar-refractivity contribution in [2.24, 2.45) is 0 Å². The zero-order valence-corrected chi connectivity index (χ0v) is 11.5. The minimum Gasteiger partial charge on any atom is -0.329 e. The molecule has 1 aromatic heterocycles. The molecular weight excluding hydrogens is 315 g/mol. The predicted molar refractivity (Wildman–Crippen MR) is 68.9 cm³/mol. The van der Waals surface area contributed by atoms with Crippen LogP contribution in [-0.2, 0) is 13.1 Å². The number of rotatable bonds is 1. The van der Waals surface area contributed by atoms with Crippen LogP contribution in [-0.4, -0.2) is 32.1 Å². The number of nitrogens with zero attached hydrogens (tertiary/aromatic N) is 4. The first kappa shape index (κ1) is 12.3. The first-order chi connectivity index (χ1) is 9.15. The second-order valence-electron chi connectivity index (χ2n) is 4.30. The molecule has 0 radical (unpaired) electrons. The van der Waals surface area contributed by atoms with Gasteiger partial charge in [0, 0.05) is 18.7 Å². The number of hydrogen-bond acceptors (Lipinski definition) is 3. The first-order valence-electron chi connectivity index (χ1n) is 5.76. The minimum atomic E-state index is -0.439. The number of halogens is 2. The Morgan fingerprint density at radius 2 is 2.21 bits per heavy atom. The average Bonchev–Trinajstić information content (AvgIpc) is 2.88. The van der Waals surface area contributed by atoms with Crippen LogP contribution in [0.25, 0.3) is 0 Å². The molecule has 0 fully saturated rings. The van der Waals surface area contributed by atoms with Crippen molar-refractivity contribution in [2.45, 2.75) is 13.1 Å². The highest BCUT2D eigenvalue weighted by Gasteiger charge is 2.23. The van der Waals surface area contributed by atoms with Gasteiger partial charge < -0.3 is 9.47 Å². The van der Waals surface area contributed by atoms with E-state index in [0.29, 0.717) is 29.7 Å². The Morgan fingerprint density at radius 1 is 1.37 bits per heavy atom. The molecule has 1 aliphatic heterocycles. The van der Waals surface area contributed by atoms with Gasteiger partial charge in [0.25, 0.3) is 5.91 Å². The Balaban J connectivity index is 1.83. The van der Waals surface area contributed by atoms with Gasteiger partial charge in [0.05, 0.1) is 11.0 Å². The Labute approximate surface area is 117 Å². The molecule has 0 bridgehead atoms. The van der Waals surface area contributed by atoms with Gasteiger partial charge in [0.15, 0.2) is 5.82 Å². The number of carbonyl (C=O) groups excluding carboxylic acids is 1. The van der Waals surface area contributed by atoms with E-state index in [2.05, 4.69) is 26.1 Å². The maximum Gasteiger partial charge on any atom is 0.254 e. The van der Waals surface area contributed by atoms with Crippen LogP contribution < -0.4 is 0 Å². The van der Waals surface area contributed by atoms with Gasteiger partial charge in [-0.15, -0.1) is 10.2 Å². The second kappa shape index (κ2) is 4.73. The van der Waals surface area contributed by atoms with Crippen LogP contribution in [0.4, 0.5) is 4.39 Å². The molecule has 2 heterocycles. The summed E-state index contributed by atoms with van der Waals surface area (Å²) >= 11 is 3.07. The normalized spacial score (nSPS) is 14.3. The molecule has 0 saturated carbocycles. The molecular formula is C12H10BrFN4O. The van der Waals surface area contributed by atoms with Crippen molar-refractivity contribution in [3.05, 3.63) is 46.2 Å². The maximum absolute atomic E-state index is 13.5. The van der Waals surface area contributed by atoms with E-state index in [1.54, 1.807) is 17.3 Å². The van der Waals surface area contributed by atoms with E-state index in [9.17, 15) is 9.18 Å². The lowest BCUT2D eigenvalue weighted by molar-refractivity contribution is 0.0707. The summed E-state index contributed by atoms with van der Waals surface area (Å²) in [7, 11) is 0. The highest BCUT2D eigenvalue weighted by molar-refractivity contribution is 9.10. The van der Waals surface area contributed by atoms with E-state index in [4.69, 9.17) is 0 Å². The van der Waals surface area contributed by atoms with E-state index in [-0.39, 0.29) is 5.91 Å². The van der Waals surface area contributed by atoms with Crippen LogP contribution in [0.15, 0.2) is 29.0 Å². The van der Waals surface area contributed by atoms with Gasteiger partial charge in [-0.2, -0.15) is 0 Å². The van der Waals surface area contributed by atoms with E-state index < -0.39 is 5.82 Å². The summed E-state index contributed by atoms with van der Waals surface area (Å²) in [6.45, 7) is 1.63. The fraction of sp³-hybridized carbons (Fsp3) is 0.250. The molecule has 2 aromatic rings. The zero-order chi connectivity index (χ0) is 13.4. The smallest absolute Gasteiger partial charge is 0.254 e. The lowest BCUT2D eigenvalue weighted by Gasteiger charge is -2.27.